The molecule has 0 aliphatic carbocycles. The predicted molar refractivity (Wildman–Crippen MR) is 116 cm³/mol. The minimum atomic E-state index is -3.82. The Morgan fingerprint density at radius 3 is 2.53 bits per heavy atom. The van der Waals surface area contributed by atoms with Crippen LogP contribution in [0.4, 0.5) is 5.69 Å². The van der Waals surface area contributed by atoms with Crippen molar-refractivity contribution < 1.29 is 18.0 Å². The van der Waals surface area contributed by atoms with Crippen molar-refractivity contribution in [2.45, 2.75) is 37.6 Å². The van der Waals surface area contributed by atoms with Gasteiger partial charge in [-0.15, -0.1) is 0 Å². The summed E-state index contributed by atoms with van der Waals surface area (Å²) in [6.07, 6.45) is 1.28. The number of fused-ring (bicyclic) bond motifs is 1. The number of carbonyl (C=O) groups is 2. The van der Waals surface area contributed by atoms with Crippen LogP contribution in [0, 0.1) is 0 Å². The summed E-state index contributed by atoms with van der Waals surface area (Å²) in [6.45, 7) is 3.61. The van der Waals surface area contributed by atoms with Gasteiger partial charge in [0.15, 0.2) is 0 Å². The number of benzene rings is 2. The average molecular weight is 430 g/mol. The molecule has 0 unspecified atom stereocenters. The van der Waals surface area contributed by atoms with E-state index in [1.807, 2.05) is 37.3 Å². The van der Waals surface area contributed by atoms with E-state index in [1.54, 1.807) is 17.0 Å². The molecule has 8 heteroatoms. The van der Waals surface area contributed by atoms with Crippen LogP contribution in [0.2, 0.25) is 0 Å². The Morgan fingerprint density at radius 2 is 1.87 bits per heavy atom. The van der Waals surface area contributed by atoms with E-state index in [0.717, 1.165) is 21.1 Å². The third-order valence-electron chi connectivity index (χ3n) is 5.26. The molecule has 0 saturated carbocycles. The largest absolute Gasteiger partial charge is 0.355 e. The molecule has 1 aliphatic heterocycles. The second-order valence-electron chi connectivity index (χ2n) is 7.58. The monoisotopic (exact) mass is 429 g/mol. The summed E-state index contributed by atoms with van der Waals surface area (Å²) in [6, 6.07) is 14.5. The molecule has 1 aliphatic rings. The van der Waals surface area contributed by atoms with Gasteiger partial charge in [0.2, 0.25) is 21.8 Å². The highest BCUT2D eigenvalue weighted by molar-refractivity contribution is 7.89. The molecule has 2 aromatic carbocycles. The lowest BCUT2D eigenvalue weighted by atomic mass is 10.1. The first-order valence-corrected chi connectivity index (χ1v) is 11.3. The van der Waals surface area contributed by atoms with Crippen LogP contribution in [0.3, 0.4) is 0 Å². The summed E-state index contributed by atoms with van der Waals surface area (Å²) in [5.74, 6) is -0.421. The number of sulfonamides is 1. The normalized spacial score (nSPS) is 15.9. The molecule has 1 atom stereocenters. The van der Waals surface area contributed by atoms with Gasteiger partial charge in [0, 0.05) is 32.2 Å². The van der Waals surface area contributed by atoms with E-state index in [-0.39, 0.29) is 29.3 Å². The van der Waals surface area contributed by atoms with Gasteiger partial charge in [-0.05, 0) is 49.1 Å². The van der Waals surface area contributed by atoms with E-state index in [0.29, 0.717) is 19.4 Å². The van der Waals surface area contributed by atoms with Gasteiger partial charge in [-0.25, -0.2) is 8.42 Å². The maximum atomic E-state index is 12.9. The highest BCUT2D eigenvalue weighted by Gasteiger charge is 2.31. The third kappa shape index (κ3) is 4.71. The van der Waals surface area contributed by atoms with Gasteiger partial charge in [-0.2, -0.15) is 4.31 Å². The number of carbonyl (C=O) groups excluding carboxylic acids is 2. The predicted octanol–water partition coefficient (Wildman–Crippen LogP) is 1.96. The number of likely N-dealkylation sites (N-methyl/N-ethyl adjacent to an activating group) is 1. The van der Waals surface area contributed by atoms with Crippen molar-refractivity contribution >= 4 is 27.5 Å². The van der Waals surface area contributed by atoms with Crippen molar-refractivity contribution in [2.75, 3.05) is 25.0 Å². The zero-order valence-electron chi connectivity index (χ0n) is 17.5. The maximum absolute atomic E-state index is 12.9. The van der Waals surface area contributed by atoms with Crippen LogP contribution >= 0.6 is 0 Å². The molecule has 0 radical (unpaired) electrons. The first-order chi connectivity index (χ1) is 14.2. The number of hydrogen-bond donors (Lipinski definition) is 1. The molecule has 0 aromatic heterocycles. The van der Waals surface area contributed by atoms with Crippen LogP contribution < -0.4 is 10.2 Å². The van der Waals surface area contributed by atoms with Gasteiger partial charge in [-0.3, -0.25) is 9.59 Å². The number of anilines is 1. The fraction of sp³-hybridized carbons (Fsp3) is 0.364. The molecule has 0 bridgehead atoms. The van der Waals surface area contributed by atoms with Gasteiger partial charge in [0.25, 0.3) is 0 Å². The highest BCUT2D eigenvalue weighted by Crippen LogP contribution is 2.34. The highest BCUT2D eigenvalue weighted by atomic mass is 32.2. The van der Waals surface area contributed by atoms with Gasteiger partial charge in [0.1, 0.15) is 0 Å². The van der Waals surface area contributed by atoms with Gasteiger partial charge < -0.3 is 10.2 Å². The topological polar surface area (TPSA) is 86.8 Å². The lowest BCUT2D eigenvalue weighted by Gasteiger charge is -2.21. The Hall–Kier alpha value is -2.71. The molecule has 0 spiro atoms. The molecule has 3 rings (SSSR count). The summed E-state index contributed by atoms with van der Waals surface area (Å²) >= 11 is 0. The molecule has 160 valence electrons. The first kappa shape index (κ1) is 22.0. The minimum Gasteiger partial charge on any atom is -0.355 e. The molecule has 0 saturated heterocycles. The number of rotatable bonds is 7. The molecule has 7 nitrogen and oxygen atoms in total. The summed E-state index contributed by atoms with van der Waals surface area (Å²) in [7, 11) is -2.43. The molecule has 2 amide bonds. The van der Waals surface area contributed by atoms with Crippen molar-refractivity contribution in [1.82, 2.24) is 9.62 Å². The van der Waals surface area contributed by atoms with Crippen LogP contribution in [0.5, 0.6) is 0 Å². The zero-order chi connectivity index (χ0) is 21.9. The van der Waals surface area contributed by atoms with Crippen LogP contribution in [0.1, 0.15) is 25.0 Å². The number of nitrogens with zero attached hydrogens (tertiary/aromatic N) is 2. The fourth-order valence-corrected chi connectivity index (χ4v) is 4.94. The average Bonchev–Trinajstić information content (AvgIpc) is 3.03. The smallest absolute Gasteiger partial charge is 0.243 e. The second kappa shape index (κ2) is 8.97. The SMILES string of the molecule is CC(=O)N1c2ccc(S(=O)(=O)N(C)CC(=O)NCCc3ccccc3)cc2C[C@H]1C. The number of nitrogens with one attached hydrogen (secondary N) is 1. The maximum Gasteiger partial charge on any atom is 0.243 e. The minimum absolute atomic E-state index is 0.0106. The van der Waals surface area contributed by atoms with Gasteiger partial charge >= 0.3 is 0 Å². The Bertz CT molecular complexity index is 1040. The van der Waals surface area contributed by atoms with Gasteiger partial charge in [0.05, 0.1) is 11.4 Å². The van der Waals surface area contributed by atoms with E-state index in [4.69, 9.17) is 0 Å². The van der Waals surface area contributed by atoms with Crippen molar-refractivity contribution in [3.63, 3.8) is 0 Å². The van der Waals surface area contributed by atoms with E-state index in [2.05, 4.69) is 5.32 Å². The lowest BCUT2D eigenvalue weighted by molar-refractivity contribution is -0.121. The van der Waals surface area contributed by atoms with E-state index < -0.39 is 10.0 Å². The number of hydrogen-bond acceptors (Lipinski definition) is 4. The second-order valence-corrected chi connectivity index (χ2v) is 9.62. The van der Waals surface area contributed by atoms with Crippen molar-refractivity contribution in [2.24, 2.45) is 0 Å². The molecule has 0 fully saturated rings. The van der Waals surface area contributed by atoms with Crippen molar-refractivity contribution in [3.8, 4) is 0 Å². The third-order valence-corrected chi connectivity index (χ3v) is 7.06. The quantitative estimate of drug-likeness (QED) is 0.729. The summed E-state index contributed by atoms with van der Waals surface area (Å²) in [5, 5.41) is 2.76. The Kier molecular flexibility index (Phi) is 6.58. The zero-order valence-corrected chi connectivity index (χ0v) is 18.3. The van der Waals surface area contributed by atoms with Crippen LogP contribution in [0.25, 0.3) is 0 Å². The molecule has 1 heterocycles. The summed E-state index contributed by atoms with van der Waals surface area (Å²) in [5.41, 5.74) is 2.67. The van der Waals surface area contributed by atoms with Crippen LogP contribution in [0.15, 0.2) is 53.4 Å². The van der Waals surface area contributed by atoms with Crippen molar-refractivity contribution in [3.05, 3.63) is 59.7 Å². The Labute approximate surface area is 177 Å². The Morgan fingerprint density at radius 1 is 1.17 bits per heavy atom. The molecular formula is C22H27N3O4S. The van der Waals surface area contributed by atoms with Gasteiger partial charge in [-0.1, -0.05) is 30.3 Å². The lowest BCUT2D eigenvalue weighted by Crippen LogP contribution is -2.39. The molecule has 1 N–H and O–H groups in total. The first-order valence-electron chi connectivity index (χ1n) is 9.90. The fourth-order valence-electron chi connectivity index (χ4n) is 3.76. The molecular weight excluding hydrogens is 402 g/mol. The van der Waals surface area contributed by atoms with Crippen molar-refractivity contribution in [1.29, 1.82) is 0 Å². The molecule has 30 heavy (non-hydrogen) atoms. The van der Waals surface area contributed by atoms with E-state index in [9.17, 15) is 18.0 Å². The summed E-state index contributed by atoms with van der Waals surface area (Å²) in [4.78, 5) is 25.9. The van der Waals surface area contributed by atoms with Crippen LogP contribution in [-0.4, -0.2) is 50.7 Å². The van der Waals surface area contributed by atoms with Crippen LogP contribution in [-0.2, 0) is 32.5 Å². The van der Waals surface area contributed by atoms with E-state index >= 15 is 0 Å². The summed E-state index contributed by atoms with van der Waals surface area (Å²) < 4.78 is 26.9. The standard InChI is InChI=1S/C22H27N3O4S/c1-16-13-19-14-20(9-10-21(19)25(16)17(2)26)30(28,29)24(3)15-22(27)23-12-11-18-7-5-4-6-8-18/h4-10,14,16H,11-13,15H2,1-3H3,(H,23,27)/t16-/m1/s1. The Balaban J connectivity index is 1.63. The number of amides is 2. The molecule has 2 aromatic rings. The van der Waals surface area contributed by atoms with E-state index in [1.165, 1.54) is 20.0 Å².